The number of terminal acetylenes is 1. The van der Waals surface area contributed by atoms with Crippen LogP contribution < -0.4 is 11.1 Å². The highest BCUT2D eigenvalue weighted by Crippen LogP contribution is 2.40. The average Bonchev–Trinajstić information content (AvgIpc) is 3.33. The molecule has 13 heteroatoms. The maximum Gasteiger partial charge on any atom is 0.527 e. The third-order valence-electron chi connectivity index (χ3n) is 5.17. The molecule has 2 aromatic rings. The van der Waals surface area contributed by atoms with Crippen LogP contribution in [0.2, 0.25) is 0 Å². The molecule has 2 aromatic heterocycles. The number of aliphatic hydroxyl groups is 1. The molecule has 178 valence electrons. The Morgan fingerprint density at radius 3 is 2.85 bits per heavy atom. The van der Waals surface area contributed by atoms with E-state index in [1.807, 2.05) is 0 Å². The van der Waals surface area contributed by atoms with Crippen molar-refractivity contribution in [3.8, 4) is 12.3 Å². The minimum Gasteiger partial charge on any atom is -0.462 e. The summed E-state index contributed by atoms with van der Waals surface area (Å²) >= 11 is 0. The Bertz CT molecular complexity index is 1070. The van der Waals surface area contributed by atoms with Crippen molar-refractivity contribution in [2.45, 2.75) is 70.0 Å². The van der Waals surface area contributed by atoms with Gasteiger partial charge in [-0.05, 0) is 32.3 Å². The molecule has 2 unspecified atom stereocenters. The van der Waals surface area contributed by atoms with E-state index in [1.165, 1.54) is 12.7 Å². The van der Waals surface area contributed by atoms with Gasteiger partial charge in [-0.1, -0.05) is 5.92 Å². The van der Waals surface area contributed by atoms with Crippen molar-refractivity contribution in [3.05, 3.63) is 12.7 Å². The van der Waals surface area contributed by atoms with Gasteiger partial charge in [0.15, 0.2) is 17.1 Å². The molecule has 3 heterocycles. The summed E-state index contributed by atoms with van der Waals surface area (Å²) in [6, 6.07) is -0.687. The molecule has 3 rings (SSSR count). The molecule has 4 N–H and O–H groups in total. The number of aromatic nitrogens is 4. The number of carbonyl (C=O) groups is 1. The van der Waals surface area contributed by atoms with Gasteiger partial charge in [-0.15, -0.1) is 10.9 Å². The van der Waals surface area contributed by atoms with Crippen molar-refractivity contribution in [1.82, 2.24) is 24.8 Å². The Kier molecular flexibility index (Phi) is 7.62. The van der Waals surface area contributed by atoms with Gasteiger partial charge >= 0.3 is 14.0 Å². The molecule has 0 aromatic carbocycles. The van der Waals surface area contributed by atoms with Crippen molar-refractivity contribution in [2.24, 2.45) is 0 Å². The van der Waals surface area contributed by atoms with E-state index in [4.69, 9.17) is 26.2 Å². The Balaban J connectivity index is 1.64. The van der Waals surface area contributed by atoms with Gasteiger partial charge in [-0.25, -0.2) is 15.0 Å². The summed E-state index contributed by atoms with van der Waals surface area (Å²) < 4.78 is 30.8. The number of anilines is 1. The van der Waals surface area contributed by atoms with Gasteiger partial charge in [0.25, 0.3) is 0 Å². The van der Waals surface area contributed by atoms with Crippen LogP contribution in [0.1, 0.15) is 40.3 Å². The molecule has 0 aliphatic carbocycles. The zero-order chi connectivity index (χ0) is 24.3. The summed E-state index contributed by atoms with van der Waals surface area (Å²) in [5.41, 5.74) is 5.12. The van der Waals surface area contributed by atoms with Crippen LogP contribution in [0.4, 0.5) is 5.82 Å². The lowest BCUT2D eigenvalue weighted by molar-refractivity contribution is -0.149. The van der Waals surface area contributed by atoms with E-state index in [9.17, 15) is 14.5 Å². The van der Waals surface area contributed by atoms with Gasteiger partial charge in [0, 0.05) is 6.42 Å². The number of hydrogen-bond acceptors (Lipinski definition) is 11. The van der Waals surface area contributed by atoms with E-state index in [-0.39, 0.29) is 24.9 Å². The largest absolute Gasteiger partial charge is 0.527 e. The first-order chi connectivity index (χ1) is 15.6. The van der Waals surface area contributed by atoms with Crippen molar-refractivity contribution in [1.29, 1.82) is 0 Å². The number of nitrogens with zero attached hydrogens (tertiary/aromatic N) is 4. The van der Waals surface area contributed by atoms with Crippen LogP contribution in [-0.4, -0.2) is 66.8 Å². The molecule has 0 radical (unpaired) electrons. The molecule has 1 saturated heterocycles. The van der Waals surface area contributed by atoms with Crippen LogP contribution >= 0.6 is 8.03 Å². The molecular formula is C20H28N6O6P+. The number of nitrogens with one attached hydrogen (secondary N) is 1. The van der Waals surface area contributed by atoms with Crippen LogP contribution in [0, 0.1) is 12.3 Å². The molecule has 0 bridgehead atoms. The predicted molar refractivity (Wildman–Crippen MR) is 119 cm³/mol. The van der Waals surface area contributed by atoms with E-state index in [0.717, 1.165) is 0 Å². The fourth-order valence-corrected chi connectivity index (χ4v) is 4.29. The van der Waals surface area contributed by atoms with E-state index >= 15 is 0 Å². The first-order valence-corrected chi connectivity index (χ1v) is 11.6. The van der Waals surface area contributed by atoms with Gasteiger partial charge in [-0.3, -0.25) is 14.7 Å². The van der Waals surface area contributed by atoms with E-state index in [0.29, 0.717) is 11.2 Å². The smallest absolute Gasteiger partial charge is 0.462 e. The molecule has 0 saturated carbocycles. The maximum atomic E-state index is 12.6. The number of aliphatic hydroxyl groups excluding tert-OH is 1. The molecule has 1 aliphatic rings. The first-order valence-electron chi connectivity index (χ1n) is 10.4. The number of carbonyl (C=O) groups excluding carboxylic acids is 1. The maximum absolute atomic E-state index is 12.6. The zero-order valence-electron chi connectivity index (χ0n) is 18.8. The number of rotatable bonds is 9. The lowest BCUT2D eigenvalue weighted by Gasteiger charge is -2.24. The Labute approximate surface area is 192 Å². The van der Waals surface area contributed by atoms with Crippen molar-refractivity contribution in [3.63, 3.8) is 0 Å². The first kappa shape index (κ1) is 25.0. The lowest BCUT2D eigenvalue weighted by Crippen LogP contribution is -2.43. The molecule has 0 spiro atoms. The molecule has 6 atom stereocenters. The third kappa shape index (κ3) is 5.29. The summed E-state index contributed by atoms with van der Waals surface area (Å²) in [6.07, 6.45) is 6.53. The fraction of sp³-hybridized carbons (Fsp3) is 0.600. The number of imidazole rings is 1. The standard InChI is InChI=1S/C20H28N6O6P/c1-6-20(8-30-33(29)13(5)25-12(4)19(28)31-11(2)3)14(27)7-15(32-20)26-10-24-16-17(21)22-9-23-18(16)26/h1,9-15,25,27H,7-8H2,2-5H3,(H2,21,22,23)/q+1/t12-,13?,14-,15+,20+/m0/s1. The quantitative estimate of drug-likeness (QED) is 0.268. The highest BCUT2D eigenvalue weighted by atomic mass is 31.1. The number of ether oxygens (including phenoxy) is 2. The number of nitrogens with two attached hydrogens (primary N) is 1. The number of nitrogen functional groups attached to an aromatic ring is 1. The lowest BCUT2D eigenvalue weighted by atomic mass is 9.99. The van der Waals surface area contributed by atoms with Crippen LogP contribution in [0.5, 0.6) is 0 Å². The van der Waals surface area contributed by atoms with Crippen molar-refractivity contribution < 1.29 is 28.5 Å². The second kappa shape index (κ2) is 10.1. The van der Waals surface area contributed by atoms with Gasteiger partial charge in [0.1, 0.15) is 36.8 Å². The SMILES string of the molecule is C#C[C@]1(CO[P+](=O)C(C)N[C@@H](C)C(=O)OC(C)C)O[C@@H](n2cnc3c(N)ncnc32)C[C@@H]1O. The number of fused-ring (bicyclic) bond motifs is 1. The molecule has 0 amide bonds. The fourth-order valence-electron chi connectivity index (χ4n) is 3.40. The Morgan fingerprint density at radius 1 is 1.45 bits per heavy atom. The van der Waals surface area contributed by atoms with Gasteiger partial charge in [-0.2, -0.15) is 0 Å². The highest BCUT2D eigenvalue weighted by Gasteiger charge is 2.50. The summed E-state index contributed by atoms with van der Waals surface area (Å²) in [5.74, 6) is 1.51. The average molecular weight is 479 g/mol. The summed E-state index contributed by atoms with van der Waals surface area (Å²) in [4.78, 5) is 24.2. The molecule has 33 heavy (non-hydrogen) atoms. The van der Waals surface area contributed by atoms with Crippen LogP contribution in [-0.2, 0) is 23.4 Å². The summed E-state index contributed by atoms with van der Waals surface area (Å²) in [5, 5.41) is 13.6. The molecule has 12 nitrogen and oxygen atoms in total. The number of hydrogen-bond donors (Lipinski definition) is 3. The topological polar surface area (TPSA) is 164 Å². The monoisotopic (exact) mass is 479 g/mol. The van der Waals surface area contributed by atoms with Gasteiger partial charge < -0.3 is 20.3 Å². The normalized spacial score (nSPS) is 25.1. The molecular weight excluding hydrogens is 451 g/mol. The van der Waals surface area contributed by atoms with Crippen LogP contribution in [0.25, 0.3) is 11.2 Å². The Morgan fingerprint density at radius 2 is 2.18 bits per heavy atom. The number of esters is 1. The minimum atomic E-state index is -2.30. The molecule has 1 aliphatic heterocycles. The summed E-state index contributed by atoms with van der Waals surface area (Å²) in [6.45, 7) is 6.37. The van der Waals surface area contributed by atoms with Crippen molar-refractivity contribution in [2.75, 3.05) is 12.3 Å². The minimum absolute atomic E-state index is 0.131. The second-order valence-corrected chi connectivity index (χ2v) is 9.65. The second-order valence-electron chi connectivity index (χ2n) is 8.05. The van der Waals surface area contributed by atoms with Gasteiger partial charge in [0.05, 0.1) is 12.4 Å². The predicted octanol–water partition coefficient (Wildman–Crippen LogP) is 1.09. The zero-order valence-corrected chi connectivity index (χ0v) is 19.7. The van der Waals surface area contributed by atoms with Crippen LogP contribution in [0.3, 0.4) is 0 Å². The molecule has 1 fully saturated rings. The van der Waals surface area contributed by atoms with E-state index < -0.39 is 43.8 Å². The summed E-state index contributed by atoms with van der Waals surface area (Å²) in [7, 11) is -2.30. The van der Waals surface area contributed by atoms with E-state index in [1.54, 1.807) is 32.3 Å². The highest BCUT2D eigenvalue weighted by molar-refractivity contribution is 7.39. The third-order valence-corrected chi connectivity index (χ3v) is 6.34. The van der Waals surface area contributed by atoms with Crippen LogP contribution in [0.15, 0.2) is 12.7 Å². The Hall–Kier alpha value is -2.68. The van der Waals surface area contributed by atoms with Crippen molar-refractivity contribution >= 4 is 31.0 Å². The van der Waals surface area contributed by atoms with E-state index in [2.05, 4.69) is 26.2 Å². The van der Waals surface area contributed by atoms with Gasteiger partial charge in [0.2, 0.25) is 5.78 Å².